The predicted molar refractivity (Wildman–Crippen MR) is 116 cm³/mol. The third kappa shape index (κ3) is 6.82. The van der Waals surface area contributed by atoms with Gasteiger partial charge in [0.25, 0.3) is 0 Å². The van der Waals surface area contributed by atoms with Crippen molar-refractivity contribution in [2.75, 3.05) is 26.7 Å². The van der Waals surface area contributed by atoms with Crippen LogP contribution in [0.5, 0.6) is 5.75 Å². The minimum absolute atomic E-state index is 0. The lowest BCUT2D eigenvalue weighted by Crippen LogP contribution is -2.45. The number of rotatable bonds is 6. The van der Waals surface area contributed by atoms with E-state index in [9.17, 15) is 9.18 Å². The molecule has 1 aromatic rings. The van der Waals surface area contributed by atoms with Gasteiger partial charge < -0.3 is 20.3 Å². The van der Waals surface area contributed by atoms with E-state index in [0.717, 1.165) is 18.5 Å². The highest BCUT2D eigenvalue weighted by Crippen LogP contribution is 2.18. The van der Waals surface area contributed by atoms with Crippen LogP contribution >= 0.6 is 24.0 Å². The number of amides is 1. The fraction of sp³-hybridized carbons (Fsp3) is 0.579. The molecule has 0 aliphatic carbocycles. The van der Waals surface area contributed by atoms with Crippen molar-refractivity contribution in [2.24, 2.45) is 10.9 Å². The minimum Gasteiger partial charge on any atom is -0.491 e. The van der Waals surface area contributed by atoms with Crippen molar-refractivity contribution in [3.63, 3.8) is 0 Å². The average Bonchev–Trinajstić information content (AvgIpc) is 3.08. The van der Waals surface area contributed by atoms with Crippen LogP contribution in [0.4, 0.5) is 4.39 Å². The number of hydrogen-bond acceptors (Lipinski definition) is 3. The van der Waals surface area contributed by atoms with Crippen molar-refractivity contribution in [2.45, 2.75) is 39.8 Å². The molecule has 0 bridgehead atoms. The number of ether oxygens (including phenoxy) is 1. The van der Waals surface area contributed by atoms with Crippen molar-refractivity contribution in [1.82, 2.24) is 15.5 Å². The Morgan fingerprint density at radius 2 is 2.19 bits per heavy atom. The van der Waals surface area contributed by atoms with Gasteiger partial charge in [-0.05, 0) is 31.0 Å². The molecular weight excluding hydrogens is 462 g/mol. The van der Waals surface area contributed by atoms with Gasteiger partial charge in [-0.25, -0.2) is 4.39 Å². The number of guanidine groups is 1. The molecule has 1 aliphatic rings. The fourth-order valence-electron chi connectivity index (χ4n) is 2.94. The molecule has 152 valence electrons. The lowest BCUT2D eigenvalue weighted by molar-refractivity contribution is -0.133. The Kier molecular flexibility index (Phi) is 9.82. The number of hydrogen-bond donors (Lipinski definition) is 2. The third-order valence-electron chi connectivity index (χ3n) is 4.31. The van der Waals surface area contributed by atoms with E-state index >= 15 is 0 Å². The normalized spacial score (nSPS) is 16.9. The molecule has 1 atom stereocenters. The largest absolute Gasteiger partial charge is 0.491 e. The molecule has 1 amide bonds. The van der Waals surface area contributed by atoms with Crippen molar-refractivity contribution < 1.29 is 13.9 Å². The number of nitrogens with one attached hydrogen (secondary N) is 2. The number of aliphatic imine (C=N–C) groups is 1. The van der Waals surface area contributed by atoms with Gasteiger partial charge in [0.1, 0.15) is 0 Å². The summed E-state index contributed by atoms with van der Waals surface area (Å²) in [5.41, 5.74) is 0.803. The van der Waals surface area contributed by atoms with Crippen molar-refractivity contribution in [1.29, 1.82) is 0 Å². The van der Waals surface area contributed by atoms with Gasteiger partial charge in [-0.15, -0.1) is 24.0 Å². The van der Waals surface area contributed by atoms with Crippen LogP contribution in [0.3, 0.4) is 0 Å². The molecule has 1 unspecified atom stereocenters. The van der Waals surface area contributed by atoms with Gasteiger partial charge in [-0.2, -0.15) is 0 Å². The Morgan fingerprint density at radius 1 is 1.44 bits per heavy atom. The van der Waals surface area contributed by atoms with Crippen LogP contribution in [0.25, 0.3) is 0 Å². The van der Waals surface area contributed by atoms with Crippen LogP contribution in [0, 0.1) is 11.7 Å². The Morgan fingerprint density at radius 3 is 2.78 bits per heavy atom. The van der Waals surface area contributed by atoms with Crippen molar-refractivity contribution in [3.8, 4) is 5.75 Å². The first-order chi connectivity index (χ1) is 12.4. The smallest absolute Gasteiger partial charge is 0.225 e. The predicted octanol–water partition coefficient (Wildman–Crippen LogP) is 2.76. The van der Waals surface area contributed by atoms with E-state index in [0.29, 0.717) is 25.7 Å². The second-order valence-corrected chi connectivity index (χ2v) is 6.69. The minimum atomic E-state index is -0.368. The molecule has 0 saturated carbocycles. The number of likely N-dealkylation sites (tertiary alicyclic amines) is 1. The third-order valence-corrected chi connectivity index (χ3v) is 4.31. The molecule has 0 aromatic heterocycles. The SMILES string of the molecule is CCOc1ccc(CNC(=NC)NC2CCN(C(=O)C(C)C)C2)cc1F.I. The molecule has 2 N–H and O–H groups in total. The second-order valence-electron chi connectivity index (χ2n) is 6.69. The molecule has 1 saturated heterocycles. The van der Waals surface area contributed by atoms with Gasteiger partial charge in [-0.1, -0.05) is 19.9 Å². The molecule has 27 heavy (non-hydrogen) atoms. The lowest BCUT2D eigenvalue weighted by atomic mass is 10.2. The van der Waals surface area contributed by atoms with Crippen LogP contribution in [0.15, 0.2) is 23.2 Å². The van der Waals surface area contributed by atoms with Gasteiger partial charge in [0.05, 0.1) is 6.61 Å². The van der Waals surface area contributed by atoms with E-state index in [4.69, 9.17) is 4.74 Å². The molecular formula is C19H30FIN4O2. The number of benzene rings is 1. The van der Waals surface area contributed by atoms with Gasteiger partial charge in [0, 0.05) is 38.6 Å². The van der Waals surface area contributed by atoms with Crippen LogP contribution < -0.4 is 15.4 Å². The summed E-state index contributed by atoms with van der Waals surface area (Å²) in [6.45, 7) is 7.97. The molecule has 1 aliphatic heterocycles. The van der Waals surface area contributed by atoms with E-state index in [1.54, 1.807) is 13.1 Å². The summed E-state index contributed by atoms with van der Waals surface area (Å²) in [6.07, 6.45) is 0.886. The first kappa shape index (κ1) is 23.5. The maximum Gasteiger partial charge on any atom is 0.225 e. The van der Waals surface area contributed by atoms with Crippen LogP contribution in [-0.2, 0) is 11.3 Å². The molecule has 0 spiro atoms. The Bertz CT molecular complexity index is 655. The summed E-state index contributed by atoms with van der Waals surface area (Å²) in [6, 6.07) is 5.09. The van der Waals surface area contributed by atoms with Crippen LogP contribution in [-0.4, -0.2) is 49.6 Å². The maximum absolute atomic E-state index is 13.9. The molecule has 1 aromatic carbocycles. The second kappa shape index (κ2) is 11.3. The molecule has 8 heteroatoms. The highest BCUT2D eigenvalue weighted by atomic mass is 127. The Hall–Kier alpha value is -1.58. The highest BCUT2D eigenvalue weighted by Gasteiger charge is 2.27. The molecule has 6 nitrogen and oxygen atoms in total. The first-order valence-corrected chi connectivity index (χ1v) is 9.11. The van der Waals surface area contributed by atoms with Crippen LogP contribution in [0.2, 0.25) is 0 Å². The maximum atomic E-state index is 13.9. The molecule has 1 fully saturated rings. The molecule has 2 rings (SSSR count). The van der Waals surface area contributed by atoms with Gasteiger partial charge in [0.2, 0.25) is 5.91 Å². The first-order valence-electron chi connectivity index (χ1n) is 9.11. The lowest BCUT2D eigenvalue weighted by Gasteiger charge is -2.20. The van der Waals surface area contributed by atoms with E-state index in [-0.39, 0.29) is 53.4 Å². The summed E-state index contributed by atoms with van der Waals surface area (Å²) in [4.78, 5) is 18.2. The average molecular weight is 492 g/mol. The summed E-state index contributed by atoms with van der Waals surface area (Å²) >= 11 is 0. The molecule has 1 heterocycles. The Labute approximate surface area is 178 Å². The number of carbonyl (C=O) groups is 1. The van der Waals surface area contributed by atoms with E-state index in [1.807, 2.05) is 31.7 Å². The summed E-state index contributed by atoms with van der Waals surface area (Å²) in [5, 5.41) is 6.52. The number of nitrogens with zero attached hydrogens (tertiary/aromatic N) is 2. The van der Waals surface area contributed by atoms with Crippen LogP contribution in [0.1, 0.15) is 32.8 Å². The fourth-order valence-corrected chi connectivity index (χ4v) is 2.94. The zero-order valence-electron chi connectivity index (χ0n) is 16.4. The van der Waals surface area contributed by atoms with Crippen molar-refractivity contribution in [3.05, 3.63) is 29.6 Å². The summed E-state index contributed by atoms with van der Waals surface area (Å²) in [5.74, 6) is 0.735. The zero-order chi connectivity index (χ0) is 19.1. The van der Waals surface area contributed by atoms with Crippen molar-refractivity contribution >= 4 is 35.8 Å². The molecule has 0 radical (unpaired) electrons. The van der Waals surface area contributed by atoms with E-state index in [1.165, 1.54) is 6.07 Å². The standard InChI is InChI=1S/C19H29FN4O2.HI/c1-5-26-17-7-6-14(10-16(17)20)11-22-19(21-4)23-15-8-9-24(12-15)18(25)13(2)3;/h6-7,10,13,15H,5,8-9,11-12H2,1-4H3,(H2,21,22,23);1H. The Balaban J connectivity index is 0.00000364. The van der Waals surface area contributed by atoms with Gasteiger partial charge in [0.15, 0.2) is 17.5 Å². The van der Waals surface area contributed by atoms with E-state index < -0.39 is 0 Å². The zero-order valence-corrected chi connectivity index (χ0v) is 18.7. The number of halogens is 2. The monoisotopic (exact) mass is 492 g/mol. The van der Waals surface area contributed by atoms with Gasteiger partial charge >= 0.3 is 0 Å². The van der Waals surface area contributed by atoms with E-state index in [2.05, 4.69) is 15.6 Å². The summed E-state index contributed by atoms with van der Waals surface area (Å²) in [7, 11) is 1.69. The quantitative estimate of drug-likeness (QED) is 0.364. The highest BCUT2D eigenvalue weighted by molar-refractivity contribution is 14.0. The topological polar surface area (TPSA) is 66.0 Å². The summed E-state index contributed by atoms with van der Waals surface area (Å²) < 4.78 is 19.1. The van der Waals surface area contributed by atoms with Gasteiger partial charge in [-0.3, -0.25) is 9.79 Å². The number of carbonyl (C=O) groups excluding carboxylic acids is 1.